The van der Waals surface area contributed by atoms with Crippen LogP contribution in [-0.2, 0) is 6.54 Å². The van der Waals surface area contributed by atoms with Crippen LogP contribution in [0.5, 0.6) is 0 Å². The van der Waals surface area contributed by atoms with Crippen molar-refractivity contribution in [3.05, 3.63) is 41.3 Å². The predicted molar refractivity (Wildman–Crippen MR) is 82.6 cm³/mol. The Morgan fingerprint density at radius 3 is 2.77 bits per heavy atom. The molecule has 1 amide bonds. The number of primary amides is 1. The molecule has 1 saturated carbocycles. The Balaban J connectivity index is 1.50. The van der Waals surface area contributed by atoms with E-state index in [1.165, 1.54) is 12.6 Å². The molecule has 0 bridgehead atoms. The van der Waals surface area contributed by atoms with Gasteiger partial charge >= 0.3 is 0 Å². The zero-order valence-electron chi connectivity index (χ0n) is 12.6. The number of hydrogen-bond acceptors (Lipinski definition) is 4. The van der Waals surface area contributed by atoms with E-state index in [0.717, 1.165) is 42.0 Å². The van der Waals surface area contributed by atoms with Crippen LogP contribution in [0.15, 0.2) is 24.5 Å². The van der Waals surface area contributed by atoms with Crippen LogP contribution in [0.2, 0.25) is 0 Å². The fourth-order valence-electron chi connectivity index (χ4n) is 3.26. The minimum Gasteiger partial charge on any atom is -0.366 e. The number of pyridine rings is 1. The highest BCUT2D eigenvalue weighted by Crippen LogP contribution is 2.45. The molecule has 1 aliphatic heterocycles. The molecule has 2 N–H and O–H groups in total. The molecular weight excluding hydrogens is 278 g/mol. The average molecular weight is 297 g/mol. The van der Waals surface area contributed by atoms with Crippen LogP contribution >= 0.6 is 0 Å². The van der Waals surface area contributed by atoms with Gasteiger partial charge in [0.25, 0.3) is 5.91 Å². The zero-order valence-corrected chi connectivity index (χ0v) is 12.6. The first kappa shape index (κ1) is 13.3. The maximum absolute atomic E-state index is 11.1. The highest BCUT2D eigenvalue weighted by Gasteiger charge is 2.45. The minimum absolute atomic E-state index is 0.429. The number of piperidine rings is 1. The van der Waals surface area contributed by atoms with Crippen LogP contribution in [0.3, 0.4) is 0 Å². The number of carbonyl (C=O) groups excluding carboxylic acids is 1. The van der Waals surface area contributed by atoms with E-state index in [-0.39, 0.29) is 0 Å². The minimum atomic E-state index is -0.455. The van der Waals surface area contributed by atoms with Crippen molar-refractivity contribution in [3.63, 3.8) is 0 Å². The lowest BCUT2D eigenvalue weighted by Crippen LogP contribution is -2.23. The van der Waals surface area contributed by atoms with E-state index in [0.29, 0.717) is 12.1 Å². The van der Waals surface area contributed by atoms with Gasteiger partial charge in [0.05, 0.1) is 18.3 Å². The summed E-state index contributed by atoms with van der Waals surface area (Å²) in [6, 6.07) is 4.19. The van der Waals surface area contributed by atoms with E-state index < -0.39 is 5.91 Å². The SMILES string of the molecule is Cc1nc(N2CC3CC3C2)ccc1Cn1cc(C(N)=O)cn1. The molecule has 2 unspecified atom stereocenters. The van der Waals surface area contributed by atoms with Gasteiger partial charge in [-0.25, -0.2) is 4.98 Å². The van der Waals surface area contributed by atoms with Crippen molar-refractivity contribution >= 4 is 11.7 Å². The van der Waals surface area contributed by atoms with Crippen molar-refractivity contribution in [2.24, 2.45) is 17.6 Å². The Labute approximate surface area is 128 Å². The summed E-state index contributed by atoms with van der Waals surface area (Å²) in [4.78, 5) is 18.2. The van der Waals surface area contributed by atoms with Crippen LogP contribution in [0.1, 0.15) is 28.0 Å². The second-order valence-electron chi connectivity index (χ2n) is 6.37. The third-order valence-corrected chi connectivity index (χ3v) is 4.73. The molecule has 6 heteroatoms. The maximum Gasteiger partial charge on any atom is 0.251 e. The molecule has 1 saturated heterocycles. The predicted octanol–water partition coefficient (Wildman–Crippen LogP) is 1.19. The molecule has 0 radical (unpaired) electrons. The summed E-state index contributed by atoms with van der Waals surface area (Å²) in [5, 5.41) is 4.17. The second-order valence-corrected chi connectivity index (χ2v) is 6.37. The van der Waals surface area contributed by atoms with Gasteiger partial charge in [-0.1, -0.05) is 6.07 Å². The number of amides is 1. The quantitative estimate of drug-likeness (QED) is 0.919. The molecule has 6 nitrogen and oxygen atoms in total. The molecular formula is C16H19N5O. The molecule has 2 atom stereocenters. The summed E-state index contributed by atoms with van der Waals surface area (Å²) in [5.41, 5.74) is 7.79. The highest BCUT2D eigenvalue weighted by molar-refractivity contribution is 5.92. The smallest absolute Gasteiger partial charge is 0.251 e. The monoisotopic (exact) mass is 297 g/mol. The molecule has 2 aromatic rings. The standard InChI is InChI=1S/C16H19N5O/c1-10-11(8-21-9-14(5-18-21)16(17)22)2-3-15(19-10)20-6-12-4-13(12)7-20/h2-3,5,9,12-13H,4,6-8H2,1H3,(H2,17,22). The molecule has 22 heavy (non-hydrogen) atoms. The lowest BCUT2D eigenvalue weighted by molar-refractivity contribution is 0.1000. The lowest BCUT2D eigenvalue weighted by Gasteiger charge is -2.20. The van der Waals surface area contributed by atoms with Gasteiger partial charge in [0, 0.05) is 25.0 Å². The molecule has 2 aliphatic rings. The number of aryl methyl sites for hydroxylation is 1. The van der Waals surface area contributed by atoms with Gasteiger partial charge in [-0.05, 0) is 36.8 Å². The van der Waals surface area contributed by atoms with Crippen LogP contribution in [0, 0.1) is 18.8 Å². The molecule has 0 spiro atoms. The van der Waals surface area contributed by atoms with Crippen molar-refractivity contribution in [1.29, 1.82) is 0 Å². The third-order valence-electron chi connectivity index (χ3n) is 4.73. The van der Waals surface area contributed by atoms with Crippen LogP contribution in [0.4, 0.5) is 5.82 Å². The van der Waals surface area contributed by atoms with Gasteiger partial charge in [-0.2, -0.15) is 5.10 Å². The van der Waals surface area contributed by atoms with Crippen LogP contribution in [0.25, 0.3) is 0 Å². The van der Waals surface area contributed by atoms with Gasteiger partial charge in [0.1, 0.15) is 5.82 Å². The van der Waals surface area contributed by atoms with Gasteiger partial charge in [0.15, 0.2) is 0 Å². The number of nitrogens with two attached hydrogens (primary N) is 1. The summed E-state index contributed by atoms with van der Waals surface area (Å²) >= 11 is 0. The van der Waals surface area contributed by atoms with Gasteiger partial charge < -0.3 is 10.6 Å². The molecule has 1 aliphatic carbocycles. The first-order chi connectivity index (χ1) is 10.6. The van der Waals surface area contributed by atoms with Crippen molar-refractivity contribution in [1.82, 2.24) is 14.8 Å². The summed E-state index contributed by atoms with van der Waals surface area (Å²) in [5.74, 6) is 2.42. The number of carbonyl (C=O) groups is 1. The normalized spacial score (nSPS) is 22.7. The van der Waals surface area contributed by atoms with Gasteiger partial charge in [0.2, 0.25) is 0 Å². The number of anilines is 1. The van der Waals surface area contributed by atoms with Crippen molar-refractivity contribution in [3.8, 4) is 0 Å². The molecule has 2 fully saturated rings. The Morgan fingerprint density at radius 2 is 2.14 bits per heavy atom. The summed E-state index contributed by atoms with van der Waals surface area (Å²) < 4.78 is 1.72. The first-order valence-electron chi connectivity index (χ1n) is 7.64. The Bertz CT molecular complexity index is 728. The fourth-order valence-corrected chi connectivity index (χ4v) is 3.26. The summed E-state index contributed by atoms with van der Waals surface area (Å²) in [7, 11) is 0. The molecule has 4 rings (SSSR count). The largest absolute Gasteiger partial charge is 0.366 e. The Hall–Kier alpha value is -2.37. The molecule has 2 aromatic heterocycles. The lowest BCUT2D eigenvalue weighted by atomic mass is 10.2. The molecule has 3 heterocycles. The van der Waals surface area contributed by atoms with Gasteiger partial charge in [-0.3, -0.25) is 9.48 Å². The van der Waals surface area contributed by atoms with Crippen molar-refractivity contribution in [2.75, 3.05) is 18.0 Å². The Morgan fingerprint density at radius 1 is 1.36 bits per heavy atom. The first-order valence-corrected chi connectivity index (χ1v) is 7.64. The molecule has 114 valence electrons. The van der Waals surface area contributed by atoms with Crippen molar-refractivity contribution in [2.45, 2.75) is 19.9 Å². The van der Waals surface area contributed by atoms with E-state index >= 15 is 0 Å². The number of hydrogen-bond donors (Lipinski definition) is 1. The highest BCUT2D eigenvalue weighted by atomic mass is 16.1. The zero-order chi connectivity index (χ0) is 15.3. The second kappa shape index (κ2) is 4.83. The Kier molecular flexibility index (Phi) is 2.92. The number of aromatic nitrogens is 3. The number of fused-ring (bicyclic) bond motifs is 1. The summed E-state index contributed by atoms with van der Waals surface area (Å²) in [6.07, 6.45) is 4.56. The fraction of sp³-hybridized carbons (Fsp3) is 0.438. The number of rotatable bonds is 4. The topological polar surface area (TPSA) is 77.0 Å². The van der Waals surface area contributed by atoms with Crippen LogP contribution in [-0.4, -0.2) is 33.8 Å². The van der Waals surface area contributed by atoms with Gasteiger partial charge in [-0.15, -0.1) is 0 Å². The van der Waals surface area contributed by atoms with E-state index in [4.69, 9.17) is 10.7 Å². The van der Waals surface area contributed by atoms with E-state index in [2.05, 4.69) is 22.1 Å². The number of nitrogens with zero attached hydrogens (tertiary/aromatic N) is 4. The third kappa shape index (κ3) is 2.34. The summed E-state index contributed by atoms with van der Waals surface area (Å²) in [6.45, 7) is 4.92. The maximum atomic E-state index is 11.1. The van der Waals surface area contributed by atoms with E-state index in [1.807, 2.05) is 6.92 Å². The van der Waals surface area contributed by atoms with Crippen LogP contribution < -0.4 is 10.6 Å². The van der Waals surface area contributed by atoms with E-state index in [1.54, 1.807) is 10.9 Å². The van der Waals surface area contributed by atoms with Crippen molar-refractivity contribution < 1.29 is 4.79 Å². The molecule has 0 aromatic carbocycles. The average Bonchev–Trinajstić information content (AvgIpc) is 2.89. The van der Waals surface area contributed by atoms with E-state index in [9.17, 15) is 4.79 Å².